The van der Waals surface area contributed by atoms with E-state index in [1.54, 1.807) is 24.3 Å². The van der Waals surface area contributed by atoms with Gasteiger partial charge in [0.2, 0.25) is 18.1 Å². The van der Waals surface area contributed by atoms with Crippen LogP contribution in [-0.2, 0) is 42.9 Å². The standard InChI is InChI=1S/C22H28N2O10/c1-11(25)23-16-8-6-7-9-17(16)33-22-19(24-12(2)26)21(32-15(5)29)20(31-14(4)28)18(34-22)10-30-13(3)27/h6-9,18-22H,10H2,1-5H3,(H,23,25)(H,24,26)/t18-,19-,20+,21-,22-/m0/s1. The Morgan fingerprint density at radius 3 is 2.03 bits per heavy atom. The van der Waals surface area contributed by atoms with E-state index in [9.17, 15) is 24.0 Å². The predicted molar refractivity (Wildman–Crippen MR) is 115 cm³/mol. The summed E-state index contributed by atoms with van der Waals surface area (Å²) in [5.74, 6) is -2.71. The first kappa shape index (κ1) is 26.6. The summed E-state index contributed by atoms with van der Waals surface area (Å²) in [6, 6.07) is 5.34. The van der Waals surface area contributed by atoms with Crippen LogP contribution in [0.15, 0.2) is 24.3 Å². The van der Waals surface area contributed by atoms with Gasteiger partial charge in [-0.3, -0.25) is 24.0 Å². The zero-order valence-electron chi connectivity index (χ0n) is 19.5. The summed E-state index contributed by atoms with van der Waals surface area (Å²) in [5, 5.41) is 5.22. The molecule has 2 rings (SSSR count). The van der Waals surface area contributed by atoms with Gasteiger partial charge in [-0.25, -0.2) is 0 Å². The van der Waals surface area contributed by atoms with Crippen LogP contribution in [0.3, 0.4) is 0 Å². The number of carbonyl (C=O) groups is 5. The average Bonchev–Trinajstić information content (AvgIpc) is 2.71. The molecule has 12 heteroatoms. The topological polar surface area (TPSA) is 156 Å². The van der Waals surface area contributed by atoms with E-state index in [0.717, 1.165) is 13.8 Å². The number of anilines is 1. The van der Waals surface area contributed by atoms with Crippen LogP contribution in [0.5, 0.6) is 5.75 Å². The second-order valence-corrected chi connectivity index (χ2v) is 7.52. The molecule has 0 unspecified atom stereocenters. The van der Waals surface area contributed by atoms with Crippen LogP contribution in [0, 0.1) is 0 Å². The van der Waals surface area contributed by atoms with Crippen LogP contribution in [0.1, 0.15) is 34.6 Å². The number of nitrogens with one attached hydrogen (secondary N) is 2. The third-order valence-corrected chi connectivity index (χ3v) is 4.51. The van der Waals surface area contributed by atoms with Crippen molar-refractivity contribution in [1.29, 1.82) is 0 Å². The van der Waals surface area contributed by atoms with Gasteiger partial charge >= 0.3 is 17.9 Å². The lowest BCUT2D eigenvalue weighted by Gasteiger charge is -2.44. The number of para-hydroxylation sites is 2. The first-order chi connectivity index (χ1) is 16.0. The van der Waals surface area contributed by atoms with Crippen LogP contribution in [0.4, 0.5) is 5.69 Å². The Morgan fingerprint density at radius 1 is 0.853 bits per heavy atom. The van der Waals surface area contributed by atoms with Crippen LogP contribution >= 0.6 is 0 Å². The number of hydrogen-bond donors (Lipinski definition) is 2. The maximum absolute atomic E-state index is 12.0. The molecule has 0 aromatic heterocycles. The van der Waals surface area contributed by atoms with E-state index in [2.05, 4.69) is 10.6 Å². The van der Waals surface area contributed by atoms with Gasteiger partial charge in [0.05, 0.1) is 5.69 Å². The lowest BCUT2D eigenvalue weighted by atomic mass is 9.96. The summed E-state index contributed by atoms with van der Waals surface area (Å²) in [6.45, 7) is 5.68. The van der Waals surface area contributed by atoms with Crippen LogP contribution in [0.25, 0.3) is 0 Å². The molecule has 1 saturated heterocycles. The highest BCUT2D eigenvalue weighted by atomic mass is 16.7. The Kier molecular flexibility index (Phi) is 9.36. The van der Waals surface area contributed by atoms with E-state index in [0.29, 0.717) is 5.69 Å². The monoisotopic (exact) mass is 480 g/mol. The highest BCUT2D eigenvalue weighted by Gasteiger charge is 2.52. The predicted octanol–water partition coefficient (Wildman–Crippen LogP) is 0.680. The van der Waals surface area contributed by atoms with Gasteiger partial charge in [0.15, 0.2) is 12.2 Å². The normalized spacial score (nSPS) is 23.7. The summed E-state index contributed by atoms with van der Waals surface area (Å²) in [5.41, 5.74) is 0.322. The van der Waals surface area contributed by atoms with E-state index < -0.39 is 54.5 Å². The fourth-order valence-electron chi connectivity index (χ4n) is 3.38. The maximum atomic E-state index is 12.0. The van der Waals surface area contributed by atoms with Crippen molar-refractivity contribution in [3.8, 4) is 5.75 Å². The molecular formula is C22H28N2O10. The number of esters is 3. The molecule has 12 nitrogen and oxygen atoms in total. The van der Waals surface area contributed by atoms with Gasteiger partial charge < -0.3 is 34.3 Å². The minimum atomic E-state index is -1.30. The van der Waals surface area contributed by atoms with Crippen molar-refractivity contribution in [3.63, 3.8) is 0 Å². The SMILES string of the molecule is CC(=O)Nc1ccccc1O[C@H]1O[C@@H](COC(C)=O)[C@@H](OC(C)=O)[C@@H](OC(C)=O)[C@@H]1NC(C)=O. The molecule has 1 aromatic carbocycles. The smallest absolute Gasteiger partial charge is 0.303 e. The average molecular weight is 480 g/mol. The molecule has 34 heavy (non-hydrogen) atoms. The van der Waals surface area contributed by atoms with Crippen molar-refractivity contribution in [2.24, 2.45) is 0 Å². The number of rotatable bonds is 8. The molecule has 1 aromatic rings. The molecule has 0 spiro atoms. The molecular weight excluding hydrogens is 452 g/mol. The van der Waals surface area contributed by atoms with Crippen molar-refractivity contribution in [2.75, 3.05) is 11.9 Å². The van der Waals surface area contributed by atoms with Crippen LogP contribution < -0.4 is 15.4 Å². The largest absolute Gasteiger partial charge is 0.463 e. The van der Waals surface area contributed by atoms with E-state index in [1.165, 1.54) is 20.8 Å². The second kappa shape index (κ2) is 12.0. The Balaban J connectivity index is 2.50. The number of ether oxygens (including phenoxy) is 5. The molecule has 1 heterocycles. The number of benzene rings is 1. The van der Waals surface area contributed by atoms with Crippen molar-refractivity contribution in [3.05, 3.63) is 24.3 Å². The highest BCUT2D eigenvalue weighted by molar-refractivity contribution is 5.90. The summed E-state index contributed by atoms with van der Waals surface area (Å²) >= 11 is 0. The third-order valence-electron chi connectivity index (χ3n) is 4.51. The summed E-state index contributed by atoms with van der Waals surface area (Å²) in [6.07, 6.45) is -4.89. The molecule has 0 bridgehead atoms. The Labute approximate surface area is 196 Å². The summed E-state index contributed by atoms with van der Waals surface area (Å²) in [7, 11) is 0. The first-order valence-electron chi connectivity index (χ1n) is 10.4. The molecule has 1 fully saturated rings. The first-order valence-corrected chi connectivity index (χ1v) is 10.4. The Hall–Kier alpha value is -3.67. The van der Waals surface area contributed by atoms with Gasteiger partial charge in [0.25, 0.3) is 0 Å². The molecule has 1 aliphatic rings. The molecule has 5 atom stereocenters. The van der Waals surface area contributed by atoms with E-state index in [4.69, 9.17) is 23.7 Å². The maximum Gasteiger partial charge on any atom is 0.303 e. The molecule has 0 radical (unpaired) electrons. The van der Waals surface area contributed by atoms with Gasteiger partial charge in [-0.15, -0.1) is 0 Å². The molecule has 0 saturated carbocycles. The molecule has 1 aliphatic heterocycles. The van der Waals surface area contributed by atoms with Gasteiger partial charge in [-0.1, -0.05) is 12.1 Å². The second-order valence-electron chi connectivity index (χ2n) is 7.52. The van der Waals surface area contributed by atoms with Gasteiger partial charge in [0, 0.05) is 34.6 Å². The van der Waals surface area contributed by atoms with E-state index in [-0.39, 0.29) is 18.3 Å². The quantitative estimate of drug-likeness (QED) is 0.401. The number of amides is 2. The van der Waals surface area contributed by atoms with Crippen molar-refractivity contribution < 1.29 is 47.7 Å². The number of carbonyl (C=O) groups excluding carboxylic acids is 5. The van der Waals surface area contributed by atoms with E-state index >= 15 is 0 Å². The Bertz CT molecular complexity index is 934. The lowest BCUT2D eigenvalue weighted by molar-refractivity contribution is -0.257. The van der Waals surface area contributed by atoms with E-state index in [1.807, 2.05) is 0 Å². The van der Waals surface area contributed by atoms with Crippen molar-refractivity contribution in [1.82, 2.24) is 5.32 Å². The highest BCUT2D eigenvalue weighted by Crippen LogP contribution is 2.32. The molecule has 2 amide bonds. The fraction of sp³-hybridized carbons (Fsp3) is 0.500. The third kappa shape index (κ3) is 7.73. The minimum Gasteiger partial charge on any atom is -0.463 e. The lowest BCUT2D eigenvalue weighted by Crippen LogP contribution is -2.67. The number of hydrogen-bond acceptors (Lipinski definition) is 10. The summed E-state index contributed by atoms with van der Waals surface area (Å²) < 4.78 is 27.7. The fourth-order valence-corrected chi connectivity index (χ4v) is 3.38. The molecule has 0 aliphatic carbocycles. The zero-order chi connectivity index (χ0) is 25.4. The van der Waals surface area contributed by atoms with Crippen LogP contribution in [-0.4, -0.2) is 67.0 Å². The summed E-state index contributed by atoms with van der Waals surface area (Å²) in [4.78, 5) is 58.7. The Morgan fingerprint density at radius 2 is 1.47 bits per heavy atom. The van der Waals surface area contributed by atoms with Gasteiger partial charge in [0.1, 0.15) is 24.5 Å². The minimum absolute atomic E-state index is 0.191. The van der Waals surface area contributed by atoms with Crippen molar-refractivity contribution in [2.45, 2.75) is 65.3 Å². The molecule has 2 N–H and O–H groups in total. The van der Waals surface area contributed by atoms with Gasteiger partial charge in [-0.2, -0.15) is 0 Å². The van der Waals surface area contributed by atoms with Crippen molar-refractivity contribution >= 4 is 35.4 Å². The van der Waals surface area contributed by atoms with Crippen LogP contribution in [0.2, 0.25) is 0 Å². The van der Waals surface area contributed by atoms with Gasteiger partial charge in [-0.05, 0) is 12.1 Å². The molecule has 186 valence electrons. The zero-order valence-corrected chi connectivity index (χ0v) is 19.5.